The molecule has 2 nitrogen and oxygen atoms in total. The molecule has 0 bridgehead atoms. The molecule has 1 amide bonds. The maximum Gasteiger partial charge on any atom is 0.243 e. The third-order valence-electron chi connectivity index (χ3n) is 2.11. The van der Waals surface area contributed by atoms with Crippen LogP contribution in [0.1, 0.15) is 24.9 Å². The van der Waals surface area contributed by atoms with Gasteiger partial charge in [0.1, 0.15) is 0 Å². The monoisotopic (exact) mass is 189 g/mol. The van der Waals surface area contributed by atoms with E-state index in [1.165, 1.54) is 6.08 Å². The topological polar surface area (TPSA) is 29.1 Å². The van der Waals surface area contributed by atoms with Gasteiger partial charge in [-0.2, -0.15) is 0 Å². The van der Waals surface area contributed by atoms with Crippen molar-refractivity contribution in [3.05, 3.63) is 48.6 Å². The highest BCUT2D eigenvalue weighted by Crippen LogP contribution is 2.15. The van der Waals surface area contributed by atoms with E-state index in [0.717, 1.165) is 12.0 Å². The van der Waals surface area contributed by atoms with Crippen LogP contribution < -0.4 is 5.32 Å². The van der Waals surface area contributed by atoms with Crippen molar-refractivity contribution in [2.75, 3.05) is 0 Å². The first kappa shape index (κ1) is 10.5. The zero-order valence-corrected chi connectivity index (χ0v) is 8.36. The van der Waals surface area contributed by atoms with Gasteiger partial charge in [-0.15, -0.1) is 0 Å². The summed E-state index contributed by atoms with van der Waals surface area (Å²) in [6, 6.07) is 10.0. The molecule has 0 aromatic heterocycles. The van der Waals surface area contributed by atoms with E-state index in [4.69, 9.17) is 0 Å². The second-order valence-corrected chi connectivity index (χ2v) is 3.08. The van der Waals surface area contributed by atoms with Crippen LogP contribution in [-0.2, 0) is 4.79 Å². The zero-order chi connectivity index (χ0) is 10.4. The summed E-state index contributed by atoms with van der Waals surface area (Å²) >= 11 is 0. The molecule has 0 aliphatic heterocycles. The van der Waals surface area contributed by atoms with E-state index in [-0.39, 0.29) is 11.9 Å². The van der Waals surface area contributed by atoms with Crippen LogP contribution in [0.5, 0.6) is 0 Å². The van der Waals surface area contributed by atoms with Crippen molar-refractivity contribution in [1.82, 2.24) is 5.32 Å². The highest BCUT2D eigenvalue weighted by atomic mass is 16.1. The number of amides is 1. The van der Waals surface area contributed by atoms with Crippen molar-refractivity contribution < 1.29 is 4.79 Å². The van der Waals surface area contributed by atoms with E-state index < -0.39 is 0 Å². The van der Waals surface area contributed by atoms with Gasteiger partial charge < -0.3 is 5.32 Å². The van der Waals surface area contributed by atoms with Crippen molar-refractivity contribution in [1.29, 1.82) is 0 Å². The van der Waals surface area contributed by atoms with Gasteiger partial charge >= 0.3 is 0 Å². The van der Waals surface area contributed by atoms with Gasteiger partial charge in [-0.25, -0.2) is 0 Å². The van der Waals surface area contributed by atoms with Crippen LogP contribution in [0.4, 0.5) is 0 Å². The molecule has 0 spiro atoms. The minimum Gasteiger partial charge on any atom is -0.346 e. The largest absolute Gasteiger partial charge is 0.346 e. The molecule has 0 fully saturated rings. The normalized spacial score (nSPS) is 11.8. The van der Waals surface area contributed by atoms with Crippen molar-refractivity contribution in [2.45, 2.75) is 19.4 Å². The van der Waals surface area contributed by atoms with E-state index in [1.54, 1.807) is 0 Å². The average Bonchev–Trinajstić information content (AvgIpc) is 2.26. The van der Waals surface area contributed by atoms with Crippen LogP contribution in [-0.4, -0.2) is 5.91 Å². The van der Waals surface area contributed by atoms with Crippen LogP contribution >= 0.6 is 0 Å². The summed E-state index contributed by atoms with van der Waals surface area (Å²) in [6.07, 6.45) is 2.18. The fourth-order valence-electron chi connectivity index (χ4n) is 1.34. The summed E-state index contributed by atoms with van der Waals surface area (Å²) in [6.45, 7) is 5.47. The molecular formula is C12H15NO. The SMILES string of the molecule is C=CC(=O)N[C@@H](CC)c1ccccc1. The van der Waals surface area contributed by atoms with Crippen molar-refractivity contribution in [2.24, 2.45) is 0 Å². The van der Waals surface area contributed by atoms with Crippen molar-refractivity contribution in [3.63, 3.8) is 0 Å². The molecule has 1 aromatic rings. The Balaban J connectivity index is 2.72. The lowest BCUT2D eigenvalue weighted by Gasteiger charge is -2.15. The number of hydrogen-bond donors (Lipinski definition) is 1. The van der Waals surface area contributed by atoms with Crippen LogP contribution in [0.3, 0.4) is 0 Å². The second kappa shape index (κ2) is 5.22. The van der Waals surface area contributed by atoms with E-state index in [1.807, 2.05) is 37.3 Å². The summed E-state index contributed by atoms with van der Waals surface area (Å²) in [5.41, 5.74) is 1.13. The molecule has 0 heterocycles. The van der Waals surface area contributed by atoms with Gasteiger partial charge in [0.2, 0.25) is 5.91 Å². The molecule has 74 valence electrons. The van der Waals surface area contributed by atoms with Crippen LogP contribution in [0.25, 0.3) is 0 Å². The summed E-state index contributed by atoms with van der Waals surface area (Å²) in [4.78, 5) is 11.1. The third-order valence-corrected chi connectivity index (χ3v) is 2.11. The average molecular weight is 189 g/mol. The van der Waals surface area contributed by atoms with Crippen molar-refractivity contribution >= 4 is 5.91 Å². The van der Waals surface area contributed by atoms with E-state index in [0.29, 0.717) is 0 Å². The van der Waals surface area contributed by atoms with Gasteiger partial charge in [-0.1, -0.05) is 43.8 Å². The van der Waals surface area contributed by atoms with Gasteiger partial charge in [-0.05, 0) is 18.1 Å². The Kier molecular flexibility index (Phi) is 3.92. The number of rotatable bonds is 4. The van der Waals surface area contributed by atoms with Crippen molar-refractivity contribution in [3.8, 4) is 0 Å². The van der Waals surface area contributed by atoms with Crippen LogP contribution in [0, 0.1) is 0 Å². The van der Waals surface area contributed by atoms with Crippen LogP contribution in [0.15, 0.2) is 43.0 Å². The van der Waals surface area contributed by atoms with Crippen LogP contribution in [0.2, 0.25) is 0 Å². The molecule has 0 saturated carbocycles. The van der Waals surface area contributed by atoms with E-state index in [9.17, 15) is 4.79 Å². The predicted molar refractivity (Wildman–Crippen MR) is 57.8 cm³/mol. The first-order chi connectivity index (χ1) is 6.77. The van der Waals surface area contributed by atoms with Gasteiger partial charge in [-0.3, -0.25) is 4.79 Å². The zero-order valence-electron chi connectivity index (χ0n) is 8.36. The lowest BCUT2D eigenvalue weighted by Crippen LogP contribution is -2.26. The molecule has 1 aromatic carbocycles. The standard InChI is InChI=1S/C12H15NO/c1-3-11(13-12(14)4-2)10-8-6-5-7-9-10/h4-9,11H,2-3H2,1H3,(H,13,14)/t11-/m0/s1. The molecule has 1 rings (SSSR count). The highest BCUT2D eigenvalue weighted by molar-refractivity contribution is 5.87. The lowest BCUT2D eigenvalue weighted by atomic mass is 10.0. The first-order valence-electron chi connectivity index (χ1n) is 4.75. The minimum atomic E-state index is -0.124. The number of carbonyl (C=O) groups excluding carboxylic acids is 1. The minimum absolute atomic E-state index is 0.0849. The molecular weight excluding hydrogens is 174 g/mol. The molecule has 0 radical (unpaired) electrons. The smallest absolute Gasteiger partial charge is 0.243 e. The third kappa shape index (κ3) is 2.73. The maximum atomic E-state index is 11.1. The fourth-order valence-corrected chi connectivity index (χ4v) is 1.34. The Morgan fingerprint density at radius 3 is 2.64 bits per heavy atom. The summed E-state index contributed by atoms with van der Waals surface area (Å²) in [5, 5.41) is 2.88. The second-order valence-electron chi connectivity index (χ2n) is 3.08. The fraction of sp³-hybridized carbons (Fsp3) is 0.250. The number of nitrogens with one attached hydrogen (secondary N) is 1. The van der Waals surface area contributed by atoms with Gasteiger partial charge in [0.15, 0.2) is 0 Å². The first-order valence-corrected chi connectivity index (χ1v) is 4.75. The van der Waals surface area contributed by atoms with Gasteiger partial charge in [0, 0.05) is 0 Å². The Morgan fingerprint density at radius 2 is 2.14 bits per heavy atom. The van der Waals surface area contributed by atoms with E-state index in [2.05, 4.69) is 11.9 Å². The summed E-state index contributed by atoms with van der Waals surface area (Å²) in [5.74, 6) is -0.124. The molecule has 1 N–H and O–H groups in total. The molecule has 0 aliphatic carbocycles. The predicted octanol–water partition coefficient (Wildman–Crippen LogP) is 2.44. The molecule has 0 aliphatic rings. The van der Waals surface area contributed by atoms with Gasteiger partial charge in [0.25, 0.3) is 0 Å². The highest BCUT2D eigenvalue weighted by Gasteiger charge is 2.09. The molecule has 14 heavy (non-hydrogen) atoms. The Hall–Kier alpha value is -1.57. The lowest BCUT2D eigenvalue weighted by molar-refractivity contribution is -0.117. The quantitative estimate of drug-likeness (QED) is 0.724. The Bertz CT molecular complexity index is 305. The number of benzene rings is 1. The van der Waals surface area contributed by atoms with E-state index >= 15 is 0 Å². The Labute approximate surface area is 84.6 Å². The van der Waals surface area contributed by atoms with Gasteiger partial charge in [0.05, 0.1) is 6.04 Å². The maximum absolute atomic E-state index is 11.1. The number of carbonyl (C=O) groups is 1. The molecule has 0 saturated heterocycles. The molecule has 2 heteroatoms. The summed E-state index contributed by atoms with van der Waals surface area (Å²) < 4.78 is 0. The molecule has 1 atom stereocenters. The Morgan fingerprint density at radius 1 is 1.50 bits per heavy atom. The number of hydrogen-bond acceptors (Lipinski definition) is 1. The summed E-state index contributed by atoms with van der Waals surface area (Å²) in [7, 11) is 0. The molecule has 0 unspecified atom stereocenters.